The molecule has 0 aromatic carbocycles. The van der Waals surface area contributed by atoms with Crippen LogP contribution in [0.3, 0.4) is 0 Å². The highest BCUT2D eigenvalue weighted by molar-refractivity contribution is 5.74. The molecule has 6 nitrogen and oxygen atoms in total. The van der Waals surface area contributed by atoms with Gasteiger partial charge in [-0.1, -0.05) is 6.07 Å². The first-order valence-electron chi connectivity index (χ1n) is 7.71. The summed E-state index contributed by atoms with van der Waals surface area (Å²) in [6.07, 6.45) is 4.07. The smallest absolute Gasteiger partial charge is 0.315 e. The summed E-state index contributed by atoms with van der Waals surface area (Å²) in [7, 11) is 0. The molecule has 0 aliphatic rings. The zero-order valence-electron chi connectivity index (χ0n) is 13.7. The maximum atomic E-state index is 11.9. The summed E-state index contributed by atoms with van der Waals surface area (Å²) in [4.78, 5) is 16.1. The van der Waals surface area contributed by atoms with E-state index < -0.39 is 0 Å². The van der Waals surface area contributed by atoms with Gasteiger partial charge in [-0.15, -0.1) is 0 Å². The molecule has 0 fully saturated rings. The lowest BCUT2D eigenvalue weighted by Crippen LogP contribution is -2.41. The van der Waals surface area contributed by atoms with E-state index in [1.54, 1.807) is 18.5 Å². The molecule has 1 unspecified atom stereocenters. The summed E-state index contributed by atoms with van der Waals surface area (Å²) in [6.45, 7) is 6.24. The van der Waals surface area contributed by atoms with Crippen LogP contribution >= 0.6 is 0 Å². The van der Waals surface area contributed by atoms with Crippen molar-refractivity contribution in [3.8, 4) is 5.88 Å². The van der Waals surface area contributed by atoms with Crippen molar-refractivity contribution >= 4 is 6.03 Å². The highest BCUT2D eigenvalue weighted by Crippen LogP contribution is 2.09. The van der Waals surface area contributed by atoms with E-state index in [2.05, 4.69) is 15.6 Å². The molecule has 2 heterocycles. The van der Waals surface area contributed by atoms with Crippen LogP contribution in [-0.4, -0.2) is 23.2 Å². The van der Waals surface area contributed by atoms with Gasteiger partial charge in [0.15, 0.2) is 0 Å². The average molecular weight is 317 g/mol. The second kappa shape index (κ2) is 8.22. The molecule has 2 N–H and O–H groups in total. The van der Waals surface area contributed by atoms with Gasteiger partial charge in [-0.25, -0.2) is 9.78 Å². The van der Waals surface area contributed by atoms with Crippen molar-refractivity contribution < 1.29 is 13.9 Å². The Bertz CT molecular complexity index is 594. The topological polar surface area (TPSA) is 76.4 Å². The summed E-state index contributed by atoms with van der Waals surface area (Å²) in [5, 5.41) is 5.68. The zero-order valence-corrected chi connectivity index (χ0v) is 13.7. The number of nitrogens with one attached hydrogen (secondary N) is 2. The van der Waals surface area contributed by atoms with Crippen LogP contribution in [0.25, 0.3) is 0 Å². The SMILES string of the molecule is CC(Cc1ccco1)NC(=O)NCc1ccc(OC(C)C)nc1. The number of pyridine rings is 1. The van der Waals surface area contributed by atoms with Gasteiger partial charge in [0.25, 0.3) is 0 Å². The fourth-order valence-corrected chi connectivity index (χ4v) is 2.07. The van der Waals surface area contributed by atoms with Crippen LogP contribution in [0.4, 0.5) is 4.79 Å². The van der Waals surface area contributed by atoms with E-state index >= 15 is 0 Å². The minimum atomic E-state index is -0.216. The fourth-order valence-electron chi connectivity index (χ4n) is 2.07. The Hall–Kier alpha value is -2.50. The normalized spacial score (nSPS) is 12.0. The van der Waals surface area contributed by atoms with Crippen LogP contribution in [0.5, 0.6) is 5.88 Å². The molecule has 2 aromatic heterocycles. The molecule has 0 bridgehead atoms. The van der Waals surface area contributed by atoms with Crippen molar-refractivity contribution in [1.29, 1.82) is 0 Å². The third kappa shape index (κ3) is 6.02. The van der Waals surface area contributed by atoms with Crippen molar-refractivity contribution in [3.63, 3.8) is 0 Å². The van der Waals surface area contributed by atoms with Crippen molar-refractivity contribution in [3.05, 3.63) is 48.0 Å². The molecule has 6 heteroatoms. The van der Waals surface area contributed by atoms with Crippen LogP contribution in [-0.2, 0) is 13.0 Å². The molecule has 1 atom stereocenters. The highest BCUT2D eigenvalue weighted by atomic mass is 16.5. The Labute approximate surface area is 136 Å². The quantitative estimate of drug-likeness (QED) is 0.823. The van der Waals surface area contributed by atoms with Crippen LogP contribution in [0.1, 0.15) is 32.1 Å². The molecule has 2 rings (SSSR count). The van der Waals surface area contributed by atoms with Gasteiger partial charge in [0.05, 0.1) is 12.4 Å². The maximum Gasteiger partial charge on any atom is 0.315 e. The number of furan rings is 1. The van der Waals surface area contributed by atoms with E-state index in [4.69, 9.17) is 9.15 Å². The second-order valence-corrected chi connectivity index (χ2v) is 5.68. The Balaban J connectivity index is 1.73. The number of ether oxygens (including phenoxy) is 1. The summed E-state index contributed by atoms with van der Waals surface area (Å²) < 4.78 is 10.7. The van der Waals surface area contributed by atoms with E-state index in [1.165, 1.54) is 0 Å². The van der Waals surface area contributed by atoms with Gasteiger partial charge in [0.2, 0.25) is 5.88 Å². The first kappa shape index (κ1) is 16.9. The summed E-state index contributed by atoms with van der Waals surface area (Å²) >= 11 is 0. The van der Waals surface area contributed by atoms with Crippen LogP contribution in [0, 0.1) is 0 Å². The third-order valence-corrected chi connectivity index (χ3v) is 3.07. The van der Waals surface area contributed by atoms with Crippen molar-refractivity contribution in [2.75, 3.05) is 0 Å². The molecule has 0 aliphatic heterocycles. The number of urea groups is 1. The predicted molar refractivity (Wildman–Crippen MR) is 87.2 cm³/mol. The lowest BCUT2D eigenvalue weighted by atomic mass is 10.2. The standard InChI is InChI=1S/C17H23N3O3/c1-12(2)23-16-7-6-14(10-18-16)11-19-17(21)20-13(3)9-15-5-4-8-22-15/h4-8,10,12-13H,9,11H2,1-3H3,(H2,19,20,21). The summed E-state index contributed by atoms with van der Waals surface area (Å²) in [5.74, 6) is 1.43. The average Bonchev–Trinajstić information content (AvgIpc) is 2.98. The molecule has 124 valence electrons. The molecule has 2 amide bonds. The van der Waals surface area contributed by atoms with Crippen LogP contribution in [0.15, 0.2) is 41.1 Å². The molecule has 0 saturated carbocycles. The number of carbonyl (C=O) groups is 1. The first-order chi connectivity index (χ1) is 11.0. The van der Waals surface area contributed by atoms with E-state index in [0.717, 1.165) is 11.3 Å². The van der Waals surface area contributed by atoms with Gasteiger partial charge < -0.3 is 19.8 Å². The first-order valence-corrected chi connectivity index (χ1v) is 7.71. The number of nitrogens with zero attached hydrogens (tertiary/aromatic N) is 1. The van der Waals surface area contributed by atoms with Crippen molar-refractivity contribution in [2.24, 2.45) is 0 Å². The van der Waals surface area contributed by atoms with Gasteiger partial charge in [0.1, 0.15) is 5.76 Å². The number of hydrogen-bond acceptors (Lipinski definition) is 4. The number of aromatic nitrogens is 1. The molecule has 23 heavy (non-hydrogen) atoms. The van der Waals surface area contributed by atoms with Crippen LogP contribution < -0.4 is 15.4 Å². The second-order valence-electron chi connectivity index (χ2n) is 5.68. The van der Waals surface area contributed by atoms with Crippen LogP contribution in [0.2, 0.25) is 0 Å². The zero-order chi connectivity index (χ0) is 16.7. The van der Waals surface area contributed by atoms with Gasteiger partial charge in [0, 0.05) is 31.3 Å². The highest BCUT2D eigenvalue weighted by Gasteiger charge is 2.09. The molecule has 0 aliphatic carbocycles. The molecule has 2 aromatic rings. The molecule has 0 radical (unpaired) electrons. The Morgan fingerprint density at radius 3 is 2.74 bits per heavy atom. The number of hydrogen-bond donors (Lipinski definition) is 2. The third-order valence-electron chi connectivity index (χ3n) is 3.07. The molecule has 0 saturated heterocycles. The van der Waals surface area contributed by atoms with E-state index in [9.17, 15) is 4.79 Å². The van der Waals surface area contributed by atoms with E-state index in [1.807, 2.05) is 39.0 Å². The minimum absolute atomic E-state index is 0.0129. The van der Waals surface area contributed by atoms with Crippen molar-refractivity contribution in [1.82, 2.24) is 15.6 Å². The molecule has 0 spiro atoms. The lowest BCUT2D eigenvalue weighted by molar-refractivity contribution is 0.232. The number of amides is 2. The van der Waals surface area contributed by atoms with Gasteiger partial charge >= 0.3 is 6.03 Å². The summed E-state index contributed by atoms with van der Waals surface area (Å²) in [6, 6.07) is 7.18. The van der Waals surface area contributed by atoms with Crippen molar-refractivity contribution in [2.45, 2.75) is 45.9 Å². The van der Waals surface area contributed by atoms with Gasteiger partial charge in [-0.05, 0) is 38.5 Å². The van der Waals surface area contributed by atoms with E-state index in [0.29, 0.717) is 18.8 Å². The Morgan fingerprint density at radius 1 is 1.30 bits per heavy atom. The Kier molecular flexibility index (Phi) is 6.02. The minimum Gasteiger partial charge on any atom is -0.475 e. The maximum absolute atomic E-state index is 11.9. The van der Waals surface area contributed by atoms with Gasteiger partial charge in [-0.3, -0.25) is 0 Å². The fraction of sp³-hybridized carbons (Fsp3) is 0.412. The lowest BCUT2D eigenvalue weighted by Gasteiger charge is -2.13. The van der Waals surface area contributed by atoms with Gasteiger partial charge in [-0.2, -0.15) is 0 Å². The summed E-state index contributed by atoms with van der Waals surface area (Å²) in [5.41, 5.74) is 0.912. The predicted octanol–water partition coefficient (Wildman–Crippen LogP) is 2.89. The largest absolute Gasteiger partial charge is 0.475 e. The molecular weight excluding hydrogens is 294 g/mol. The number of carbonyl (C=O) groups excluding carboxylic acids is 1. The Morgan fingerprint density at radius 2 is 2.13 bits per heavy atom. The number of rotatable bonds is 7. The monoisotopic (exact) mass is 317 g/mol. The van der Waals surface area contributed by atoms with E-state index in [-0.39, 0.29) is 18.2 Å². The molecular formula is C17H23N3O3.